The van der Waals surface area contributed by atoms with Crippen LogP contribution in [0.3, 0.4) is 0 Å². The fourth-order valence-corrected chi connectivity index (χ4v) is 4.17. The number of thiazole rings is 2. The van der Waals surface area contributed by atoms with Gasteiger partial charge in [0, 0.05) is 29.1 Å². The van der Waals surface area contributed by atoms with Crippen molar-refractivity contribution in [1.29, 1.82) is 0 Å². The zero-order valence-electron chi connectivity index (χ0n) is 12.0. The normalized spacial score (nSPS) is 13.2. The molecule has 114 valence electrons. The second-order valence-electron chi connectivity index (χ2n) is 5.28. The van der Waals surface area contributed by atoms with E-state index in [1.54, 1.807) is 22.7 Å². The van der Waals surface area contributed by atoms with Gasteiger partial charge in [-0.2, -0.15) is 0 Å². The van der Waals surface area contributed by atoms with E-state index >= 15 is 0 Å². The number of hydrogen-bond donors (Lipinski definition) is 1. The SMILES string of the molecule is c1cn2c(-c3csc(Nc4ccc5c(c4)CCO5)n3)cnc2s1. The molecule has 1 aromatic carbocycles. The van der Waals surface area contributed by atoms with Gasteiger partial charge in [-0.15, -0.1) is 22.7 Å². The summed E-state index contributed by atoms with van der Waals surface area (Å²) in [6.07, 6.45) is 4.87. The maximum Gasteiger partial charge on any atom is 0.194 e. The fourth-order valence-electron chi connectivity index (χ4n) is 2.75. The highest BCUT2D eigenvalue weighted by molar-refractivity contribution is 7.15. The van der Waals surface area contributed by atoms with Gasteiger partial charge in [-0.1, -0.05) is 0 Å². The first-order valence-corrected chi connectivity index (χ1v) is 9.02. The van der Waals surface area contributed by atoms with Crippen molar-refractivity contribution in [3.8, 4) is 17.1 Å². The summed E-state index contributed by atoms with van der Waals surface area (Å²) in [5, 5.41) is 8.35. The minimum absolute atomic E-state index is 0.776. The summed E-state index contributed by atoms with van der Waals surface area (Å²) in [6, 6.07) is 6.19. The Morgan fingerprint density at radius 3 is 3.26 bits per heavy atom. The van der Waals surface area contributed by atoms with E-state index in [2.05, 4.69) is 26.1 Å². The molecular formula is C16H12N4OS2. The van der Waals surface area contributed by atoms with Crippen LogP contribution in [0.15, 0.2) is 41.4 Å². The van der Waals surface area contributed by atoms with E-state index in [4.69, 9.17) is 9.72 Å². The second kappa shape index (κ2) is 5.07. The molecule has 0 saturated carbocycles. The number of fused-ring (bicyclic) bond motifs is 2. The van der Waals surface area contributed by atoms with Crippen molar-refractivity contribution in [3.63, 3.8) is 0 Å². The van der Waals surface area contributed by atoms with Gasteiger partial charge in [0.1, 0.15) is 11.4 Å². The lowest BCUT2D eigenvalue weighted by atomic mass is 10.1. The molecule has 0 fully saturated rings. The van der Waals surface area contributed by atoms with Gasteiger partial charge in [-0.05, 0) is 23.8 Å². The number of nitrogens with one attached hydrogen (secondary N) is 1. The molecule has 4 heterocycles. The van der Waals surface area contributed by atoms with Crippen LogP contribution in [0.25, 0.3) is 16.3 Å². The third-order valence-electron chi connectivity index (χ3n) is 3.85. The zero-order chi connectivity index (χ0) is 15.2. The zero-order valence-corrected chi connectivity index (χ0v) is 13.7. The fraction of sp³-hybridized carbons (Fsp3) is 0.125. The quantitative estimate of drug-likeness (QED) is 0.607. The monoisotopic (exact) mass is 340 g/mol. The molecule has 0 unspecified atom stereocenters. The predicted molar refractivity (Wildman–Crippen MR) is 93.1 cm³/mol. The van der Waals surface area contributed by atoms with E-state index in [1.807, 2.05) is 29.9 Å². The van der Waals surface area contributed by atoms with Gasteiger partial charge in [-0.25, -0.2) is 9.97 Å². The number of aromatic nitrogens is 3. The molecule has 0 amide bonds. The molecule has 5 nitrogen and oxygen atoms in total. The van der Waals surface area contributed by atoms with E-state index in [1.165, 1.54) is 5.56 Å². The average molecular weight is 340 g/mol. The van der Waals surface area contributed by atoms with Crippen molar-refractivity contribution in [2.75, 3.05) is 11.9 Å². The number of imidazole rings is 1. The lowest BCUT2D eigenvalue weighted by molar-refractivity contribution is 0.357. The molecule has 0 radical (unpaired) electrons. The van der Waals surface area contributed by atoms with Gasteiger partial charge in [0.05, 0.1) is 18.5 Å². The summed E-state index contributed by atoms with van der Waals surface area (Å²) in [5.74, 6) is 0.995. The second-order valence-corrected chi connectivity index (χ2v) is 7.01. The van der Waals surface area contributed by atoms with E-state index in [-0.39, 0.29) is 0 Å². The van der Waals surface area contributed by atoms with Crippen molar-refractivity contribution in [2.45, 2.75) is 6.42 Å². The molecule has 23 heavy (non-hydrogen) atoms. The van der Waals surface area contributed by atoms with Gasteiger partial charge >= 0.3 is 0 Å². The first kappa shape index (κ1) is 13.1. The highest BCUT2D eigenvalue weighted by Crippen LogP contribution is 2.32. The van der Waals surface area contributed by atoms with Crippen molar-refractivity contribution in [1.82, 2.24) is 14.4 Å². The molecule has 1 aliphatic rings. The summed E-state index contributed by atoms with van der Waals surface area (Å²) in [7, 11) is 0. The number of benzene rings is 1. The highest BCUT2D eigenvalue weighted by Gasteiger charge is 2.14. The van der Waals surface area contributed by atoms with E-state index < -0.39 is 0 Å². The third-order valence-corrected chi connectivity index (χ3v) is 5.38. The molecule has 0 aliphatic carbocycles. The number of hydrogen-bond acceptors (Lipinski definition) is 6. The first-order valence-electron chi connectivity index (χ1n) is 7.26. The summed E-state index contributed by atoms with van der Waals surface area (Å²) in [5.41, 5.74) is 4.26. The lowest BCUT2D eigenvalue weighted by Gasteiger charge is -2.04. The third kappa shape index (κ3) is 2.20. The van der Waals surface area contributed by atoms with Crippen molar-refractivity contribution in [2.24, 2.45) is 0 Å². The minimum Gasteiger partial charge on any atom is -0.493 e. The van der Waals surface area contributed by atoms with Gasteiger partial charge in [0.25, 0.3) is 0 Å². The molecule has 0 saturated heterocycles. The van der Waals surface area contributed by atoms with Gasteiger partial charge in [0.2, 0.25) is 0 Å². The molecule has 3 aromatic heterocycles. The molecule has 0 spiro atoms. The predicted octanol–water partition coefficient (Wildman–Crippen LogP) is 4.20. The van der Waals surface area contributed by atoms with Crippen molar-refractivity contribution < 1.29 is 4.74 Å². The van der Waals surface area contributed by atoms with Crippen molar-refractivity contribution >= 4 is 38.5 Å². The molecular weight excluding hydrogens is 328 g/mol. The van der Waals surface area contributed by atoms with Gasteiger partial charge in [0.15, 0.2) is 10.1 Å². The Morgan fingerprint density at radius 2 is 2.26 bits per heavy atom. The van der Waals surface area contributed by atoms with Crippen LogP contribution in [0.2, 0.25) is 0 Å². The Balaban J connectivity index is 1.44. The number of nitrogens with zero attached hydrogens (tertiary/aromatic N) is 3. The Bertz CT molecular complexity index is 1000. The molecule has 5 rings (SSSR count). The summed E-state index contributed by atoms with van der Waals surface area (Å²) >= 11 is 3.22. The molecule has 0 bridgehead atoms. The Labute approximate surface area is 140 Å². The van der Waals surface area contributed by atoms with Crippen LogP contribution in [-0.2, 0) is 6.42 Å². The van der Waals surface area contributed by atoms with Crippen LogP contribution < -0.4 is 10.1 Å². The standard InChI is InChI=1S/C16H12N4OS2/c1-2-14-10(3-5-21-14)7-11(1)18-15-19-12(9-23-15)13-8-17-16-20(13)4-6-22-16/h1-2,4,6-9H,3,5H2,(H,18,19). The van der Waals surface area contributed by atoms with Crippen LogP contribution in [0.1, 0.15) is 5.56 Å². The molecule has 1 aliphatic heterocycles. The Morgan fingerprint density at radius 1 is 1.26 bits per heavy atom. The molecule has 0 atom stereocenters. The maximum atomic E-state index is 5.54. The summed E-state index contributed by atoms with van der Waals surface area (Å²) in [4.78, 5) is 10.1. The van der Waals surface area contributed by atoms with Gasteiger partial charge in [-0.3, -0.25) is 4.40 Å². The van der Waals surface area contributed by atoms with Gasteiger partial charge < -0.3 is 10.1 Å². The first-order chi connectivity index (χ1) is 11.4. The number of rotatable bonds is 3. The van der Waals surface area contributed by atoms with Crippen LogP contribution in [0.4, 0.5) is 10.8 Å². The summed E-state index contributed by atoms with van der Waals surface area (Å²) in [6.45, 7) is 0.776. The maximum absolute atomic E-state index is 5.54. The molecule has 7 heteroatoms. The molecule has 1 N–H and O–H groups in total. The molecule has 4 aromatic rings. The number of anilines is 2. The van der Waals surface area contributed by atoms with Crippen LogP contribution in [-0.4, -0.2) is 21.0 Å². The topological polar surface area (TPSA) is 51.5 Å². The average Bonchev–Trinajstić information content (AvgIpc) is 3.31. The van der Waals surface area contributed by atoms with Crippen LogP contribution in [0, 0.1) is 0 Å². The smallest absolute Gasteiger partial charge is 0.194 e. The van der Waals surface area contributed by atoms with E-state index in [0.717, 1.165) is 45.9 Å². The minimum atomic E-state index is 0.776. The largest absolute Gasteiger partial charge is 0.493 e. The number of ether oxygens (including phenoxy) is 1. The van der Waals surface area contributed by atoms with Crippen molar-refractivity contribution in [3.05, 3.63) is 46.9 Å². The van der Waals surface area contributed by atoms with E-state index in [9.17, 15) is 0 Å². The lowest BCUT2D eigenvalue weighted by Crippen LogP contribution is -1.91. The van der Waals surface area contributed by atoms with E-state index in [0.29, 0.717) is 0 Å². The van der Waals surface area contributed by atoms with Crippen LogP contribution in [0.5, 0.6) is 5.75 Å². The summed E-state index contributed by atoms with van der Waals surface area (Å²) < 4.78 is 7.61. The van der Waals surface area contributed by atoms with Crippen LogP contribution >= 0.6 is 22.7 Å². The Hall–Kier alpha value is -2.38. The highest BCUT2D eigenvalue weighted by atomic mass is 32.1. The Kier molecular flexibility index (Phi) is 2.89.